The Morgan fingerprint density at radius 3 is 2.08 bits per heavy atom. The van der Waals surface area contributed by atoms with Gasteiger partial charge in [-0.3, -0.25) is 19.3 Å². The minimum absolute atomic E-state index is 0.0428. The molecule has 6 heteroatoms. The molecule has 4 rings (SSSR count). The number of likely N-dealkylation sites (tertiary alicyclic amines) is 2. The van der Waals surface area contributed by atoms with Crippen molar-refractivity contribution in [2.45, 2.75) is 51.0 Å². The summed E-state index contributed by atoms with van der Waals surface area (Å²) in [5.41, 5.74) is 0. The highest BCUT2D eigenvalue weighted by atomic mass is 16.2. The van der Waals surface area contributed by atoms with E-state index in [1.165, 1.54) is 4.90 Å². The van der Waals surface area contributed by atoms with E-state index in [9.17, 15) is 14.4 Å². The molecule has 2 aliphatic heterocycles. The van der Waals surface area contributed by atoms with Crippen LogP contribution in [0.4, 0.5) is 0 Å². The normalized spacial score (nSPS) is 27.1. The number of rotatable bonds is 4. The average molecular weight is 357 g/mol. The van der Waals surface area contributed by atoms with Crippen LogP contribution in [0.2, 0.25) is 0 Å². The highest BCUT2D eigenvalue weighted by Gasteiger charge is 2.47. The zero-order valence-electron chi connectivity index (χ0n) is 15.2. The second-order valence-electron chi connectivity index (χ2n) is 7.82. The van der Waals surface area contributed by atoms with Crippen LogP contribution in [0.25, 0.3) is 0 Å². The summed E-state index contributed by atoms with van der Waals surface area (Å²) in [6.07, 6.45) is 10.0. The van der Waals surface area contributed by atoms with E-state index < -0.39 is 0 Å². The Bertz CT molecular complexity index is 652. The molecule has 3 aliphatic rings. The van der Waals surface area contributed by atoms with Crippen molar-refractivity contribution in [2.24, 2.45) is 11.8 Å². The maximum absolute atomic E-state index is 12.5. The number of fused-ring (bicyclic) bond motifs is 1. The molecule has 6 nitrogen and oxygen atoms in total. The van der Waals surface area contributed by atoms with Gasteiger partial charge >= 0.3 is 0 Å². The van der Waals surface area contributed by atoms with Crippen LogP contribution in [-0.4, -0.2) is 51.7 Å². The van der Waals surface area contributed by atoms with Gasteiger partial charge in [-0.05, 0) is 37.8 Å². The molecule has 0 radical (unpaired) electrons. The number of piperidine rings is 1. The molecular weight excluding hydrogens is 330 g/mol. The Morgan fingerprint density at radius 1 is 0.923 bits per heavy atom. The van der Waals surface area contributed by atoms with Gasteiger partial charge in [0.05, 0.1) is 11.8 Å². The van der Waals surface area contributed by atoms with E-state index in [4.69, 9.17) is 0 Å². The van der Waals surface area contributed by atoms with Crippen LogP contribution in [-0.2, 0) is 14.4 Å². The van der Waals surface area contributed by atoms with Gasteiger partial charge in [-0.2, -0.15) is 0 Å². The van der Waals surface area contributed by atoms with Gasteiger partial charge in [0.25, 0.3) is 0 Å². The first-order valence-corrected chi connectivity index (χ1v) is 9.90. The van der Waals surface area contributed by atoms with E-state index in [2.05, 4.69) is 17.0 Å². The Labute approximate surface area is 154 Å². The molecule has 0 bridgehead atoms. The second kappa shape index (κ2) is 7.25. The van der Waals surface area contributed by atoms with Crippen LogP contribution < -0.4 is 0 Å². The summed E-state index contributed by atoms with van der Waals surface area (Å²) in [7, 11) is 0. The fourth-order valence-corrected chi connectivity index (χ4v) is 4.82. The van der Waals surface area contributed by atoms with Gasteiger partial charge < -0.3 is 9.47 Å². The predicted octanol–water partition coefficient (Wildman–Crippen LogP) is 2.22. The number of carbonyl (C=O) groups is 3. The molecule has 26 heavy (non-hydrogen) atoms. The molecule has 2 unspecified atom stereocenters. The zero-order chi connectivity index (χ0) is 18.1. The van der Waals surface area contributed by atoms with Gasteiger partial charge in [0.15, 0.2) is 0 Å². The van der Waals surface area contributed by atoms with E-state index in [0.717, 1.165) is 51.6 Å². The van der Waals surface area contributed by atoms with E-state index in [1.54, 1.807) is 0 Å². The van der Waals surface area contributed by atoms with Crippen molar-refractivity contribution in [1.29, 1.82) is 0 Å². The van der Waals surface area contributed by atoms with Crippen molar-refractivity contribution < 1.29 is 14.4 Å². The van der Waals surface area contributed by atoms with Crippen LogP contribution >= 0.6 is 0 Å². The van der Waals surface area contributed by atoms with Crippen molar-refractivity contribution in [3.8, 4) is 0 Å². The van der Waals surface area contributed by atoms with Gasteiger partial charge in [-0.15, -0.1) is 0 Å². The summed E-state index contributed by atoms with van der Waals surface area (Å²) in [6, 6.07) is 4.51. The van der Waals surface area contributed by atoms with Gasteiger partial charge in [0.2, 0.25) is 17.7 Å². The summed E-state index contributed by atoms with van der Waals surface area (Å²) in [5.74, 6) is -0.267. The molecule has 3 fully saturated rings. The van der Waals surface area contributed by atoms with Crippen molar-refractivity contribution in [3.05, 3.63) is 24.5 Å². The molecule has 3 heterocycles. The summed E-state index contributed by atoms with van der Waals surface area (Å²) in [6.45, 7) is 1.74. The first-order chi connectivity index (χ1) is 12.6. The molecule has 2 atom stereocenters. The summed E-state index contributed by atoms with van der Waals surface area (Å²) >= 11 is 0. The quantitative estimate of drug-likeness (QED) is 0.776. The van der Waals surface area contributed by atoms with Gasteiger partial charge in [0, 0.05) is 44.5 Å². The monoisotopic (exact) mass is 357 g/mol. The topological polar surface area (TPSA) is 62.6 Å². The molecule has 1 aromatic heterocycles. The molecule has 1 saturated carbocycles. The van der Waals surface area contributed by atoms with Gasteiger partial charge in [0.1, 0.15) is 0 Å². The molecule has 2 saturated heterocycles. The van der Waals surface area contributed by atoms with E-state index >= 15 is 0 Å². The van der Waals surface area contributed by atoms with Crippen LogP contribution in [0.3, 0.4) is 0 Å². The van der Waals surface area contributed by atoms with Crippen LogP contribution in [0, 0.1) is 11.8 Å². The number of aromatic nitrogens is 1. The number of amides is 3. The first-order valence-electron chi connectivity index (χ1n) is 9.90. The van der Waals surface area contributed by atoms with Crippen molar-refractivity contribution in [1.82, 2.24) is 14.4 Å². The Hall–Kier alpha value is -2.11. The van der Waals surface area contributed by atoms with Crippen molar-refractivity contribution in [3.63, 3.8) is 0 Å². The first kappa shape index (κ1) is 17.3. The summed E-state index contributed by atoms with van der Waals surface area (Å²) in [4.78, 5) is 40.8. The predicted molar refractivity (Wildman–Crippen MR) is 96.1 cm³/mol. The number of imide groups is 1. The van der Waals surface area contributed by atoms with Crippen LogP contribution in [0.15, 0.2) is 24.5 Å². The molecule has 0 N–H and O–H groups in total. The van der Waals surface area contributed by atoms with E-state index in [-0.39, 0.29) is 42.5 Å². The molecular formula is C20H27N3O3. The van der Waals surface area contributed by atoms with E-state index in [0.29, 0.717) is 6.04 Å². The third kappa shape index (κ3) is 3.17. The third-order valence-corrected chi connectivity index (χ3v) is 6.35. The highest BCUT2D eigenvalue weighted by molar-refractivity contribution is 6.05. The molecule has 140 valence electrons. The minimum Gasteiger partial charge on any atom is -0.351 e. The molecule has 1 aliphatic carbocycles. The third-order valence-electron chi connectivity index (χ3n) is 6.35. The smallest absolute Gasteiger partial charge is 0.233 e. The highest BCUT2D eigenvalue weighted by Crippen LogP contribution is 2.38. The van der Waals surface area contributed by atoms with Crippen LogP contribution in [0.1, 0.15) is 51.0 Å². The Balaban J connectivity index is 1.28. The van der Waals surface area contributed by atoms with Crippen molar-refractivity contribution >= 4 is 17.7 Å². The lowest BCUT2D eigenvalue weighted by Crippen LogP contribution is -2.41. The maximum atomic E-state index is 12.5. The summed E-state index contributed by atoms with van der Waals surface area (Å²) in [5, 5.41) is 0. The number of hydrogen-bond acceptors (Lipinski definition) is 3. The molecule has 0 spiro atoms. The largest absolute Gasteiger partial charge is 0.351 e. The van der Waals surface area contributed by atoms with E-state index in [1.807, 2.05) is 17.0 Å². The minimum atomic E-state index is -0.122. The number of nitrogens with zero attached hydrogens (tertiary/aromatic N) is 3. The van der Waals surface area contributed by atoms with Gasteiger partial charge in [-0.25, -0.2) is 0 Å². The standard InChI is InChI=1S/C20H27N3O3/c24-18(22-12-7-15(8-13-22)21-10-3-4-11-21)9-14-23-19(25)16-5-1-2-6-17(16)20(23)26/h3-4,10-11,15-17H,1-2,5-9,12-14H2. The lowest BCUT2D eigenvalue weighted by Gasteiger charge is -2.33. The van der Waals surface area contributed by atoms with Crippen LogP contribution in [0.5, 0.6) is 0 Å². The lowest BCUT2D eigenvalue weighted by atomic mass is 9.81. The SMILES string of the molecule is O=C(CCN1C(=O)C2CCCCC2C1=O)N1CCC(n2cccc2)CC1. The second-order valence-corrected chi connectivity index (χ2v) is 7.82. The fraction of sp³-hybridized carbons (Fsp3) is 0.650. The average Bonchev–Trinajstić information content (AvgIpc) is 3.29. The lowest BCUT2D eigenvalue weighted by molar-refractivity contribution is -0.141. The van der Waals surface area contributed by atoms with Crippen molar-refractivity contribution in [2.75, 3.05) is 19.6 Å². The van der Waals surface area contributed by atoms with Gasteiger partial charge in [-0.1, -0.05) is 12.8 Å². The Kier molecular flexibility index (Phi) is 4.83. The number of hydrogen-bond donors (Lipinski definition) is 0. The maximum Gasteiger partial charge on any atom is 0.233 e. The fourth-order valence-electron chi connectivity index (χ4n) is 4.82. The molecule has 3 amide bonds. The Morgan fingerprint density at radius 2 is 1.50 bits per heavy atom. The summed E-state index contributed by atoms with van der Waals surface area (Å²) < 4.78 is 2.21. The zero-order valence-corrected chi connectivity index (χ0v) is 15.2. The number of carbonyl (C=O) groups excluding carboxylic acids is 3. The molecule has 1 aromatic rings. The molecule has 0 aromatic carbocycles.